The molecule has 11 nitrogen and oxygen atoms in total. The summed E-state index contributed by atoms with van der Waals surface area (Å²) in [5, 5.41) is 29.7. The van der Waals surface area contributed by atoms with E-state index in [9.17, 15) is 0 Å². The highest BCUT2D eigenvalue weighted by Gasteiger charge is 1.68. The zero-order valence-corrected chi connectivity index (χ0v) is 13.2. The van der Waals surface area contributed by atoms with Gasteiger partial charge in [-0.05, 0) is 19.5 Å². The van der Waals surface area contributed by atoms with Crippen LogP contribution >= 0.6 is 0 Å². The highest BCUT2D eigenvalue weighted by Crippen LogP contribution is 1.58. The van der Waals surface area contributed by atoms with Crippen molar-refractivity contribution in [1.29, 1.82) is 0 Å². The number of carboxylic acid groups (broad SMARTS) is 4. The van der Waals surface area contributed by atoms with Crippen LogP contribution in [0.25, 0.3) is 0 Å². The van der Waals surface area contributed by atoms with E-state index in [0.29, 0.717) is 0 Å². The number of rotatable bonds is 2. The van der Waals surface area contributed by atoms with Crippen LogP contribution in [-0.4, -0.2) is 62.9 Å². The van der Waals surface area contributed by atoms with Gasteiger partial charge in [-0.15, -0.1) is 0 Å². The van der Waals surface area contributed by atoms with Crippen molar-refractivity contribution in [2.45, 2.75) is 34.1 Å². The Balaban J connectivity index is -0.0000000361. The zero-order chi connectivity index (χ0) is 18.4. The van der Waals surface area contributed by atoms with E-state index in [1.165, 1.54) is 0 Å². The Hall–Kier alpha value is -2.24. The zero-order valence-electron chi connectivity index (χ0n) is 13.2. The van der Waals surface area contributed by atoms with E-state index >= 15 is 0 Å². The summed E-state index contributed by atoms with van der Waals surface area (Å²) in [6.07, 6.45) is 0.944. The summed E-state index contributed by atoms with van der Waals surface area (Å²) < 4.78 is 0. The first-order chi connectivity index (χ1) is 9.34. The molecule has 0 aromatic heterocycles. The van der Waals surface area contributed by atoms with Crippen molar-refractivity contribution in [1.82, 2.24) is 0 Å². The fourth-order valence-corrected chi connectivity index (χ4v) is 0.118. The number of carbonyl (C=O) groups is 4. The van der Waals surface area contributed by atoms with Gasteiger partial charge in [0.25, 0.3) is 23.9 Å². The average Bonchev–Trinajstić information content (AvgIpc) is 2.14. The number of nitrogens with two attached hydrogens (primary N) is 2. The Morgan fingerprint density at radius 2 is 0.727 bits per heavy atom. The van der Waals surface area contributed by atoms with Gasteiger partial charge in [-0.25, -0.2) is 0 Å². The molecule has 0 fully saturated rings. The molecule has 11 heteroatoms. The van der Waals surface area contributed by atoms with Gasteiger partial charge in [0.05, 0.1) is 0 Å². The molecule has 136 valence electrons. The Labute approximate surface area is 128 Å². The summed E-state index contributed by atoms with van der Waals surface area (Å²) in [4.78, 5) is 36.0. The topological polar surface area (TPSA) is 233 Å². The Bertz CT molecular complexity index is 204. The third kappa shape index (κ3) is 86600. The molecule has 0 amide bonds. The van der Waals surface area contributed by atoms with Gasteiger partial charge in [-0.3, -0.25) is 19.2 Å². The highest BCUT2D eigenvalue weighted by atomic mass is 16.4. The summed E-state index contributed by atoms with van der Waals surface area (Å²) in [5.74, 6) is -3.33. The summed E-state index contributed by atoms with van der Waals surface area (Å²) in [6.45, 7) is 5.77. The van der Waals surface area contributed by atoms with Crippen LogP contribution in [0.1, 0.15) is 34.1 Å². The second-order valence-corrected chi connectivity index (χ2v) is 3.01. The molecule has 0 aliphatic rings. The third-order valence-corrected chi connectivity index (χ3v) is 0.408. The van der Waals surface area contributed by atoms with E-state index in [0.717, 1.165) is 47.2 Å². The van der Waals surface area contributed by atoms with Gasteiger partial charge >= 0.3 is 0 Å². The monoisotopic (exact) mass is 332 g/mol. The number of hydrogen-bond donors (Lipinski definition) is 6. The molecule has 0 saturated heterocycles. The molecular weight excluding hydrogens is 304 g/mol. The first-order valence-electron chi connectivity index (χ1n) is 5.53. The van der Waals surface area contributed by atoms with Gasteiger partial charge in [0.2, 0.25) is 0 Å². The normalized spacial score (nSPS) is 6.45. The maximum absolute atomic E-state index is 9.00. The minimum Gasteiger partial charge on any atom is -0.481 e. The van der Waals surface area contributed by atoms with E-state index in [1.54, 1.807) is 0 Å². The lowest BCUT2D eigenvalue weighted by Crippen LogP contribution is -2.06. The predicted molar refractivity (Wildman–Crippen MR) is 79.6 cm³/mol. The largest absolute Gasteiger partial charge is 0.481 e. The second kappa shape index (κ2) is 36.3. The van der Waals surface area contributed by atoms with E-state index in [-0.39, 0.29) is 5.48 Å². The van der Waals surface area contributed by atoms with Crippen LogP contribution in [0.4, 0.5) is 0 Å². The molecule has 0 heterocycles. The number of aliphatic carboxylic acids is 4. The molecule has 0 spiro atoms. The van der Waals surface area contributed by atoms with E-state index in [1.807, 2.05) is 0 Å². The van der Waals surface area contributed by atoms with E-state index < -0.39 is 23.9 Å². The molecule has 0 aliphatic carbocycles. The lowest BCUT2D eigenvalue weighted by atomic mass is 10.4. The van der Waals surface area contributed by atoms with Crippen molar-refractivity contribution in [2.24, 2.45) is 11.5 Å². The molecule has 0 aliphatic heterocycles. The maximum atomic E-state index is 9.00. The van der Waals surface area contributed by atoms with Crippen molar-refractivity contribution in [2.75, 3.05) is 13.1 Å². The molecule has 22 heavy (non-hydrogen) atoms. The standard InChI is InChI=1S/C3H10N2.4C2H4O2.H2O/c4-2-1-3-5;4*1-2(3)4;/h1-5H2;4*1H3,(H,3,4);1H2. The van der Waals surface area contributed by atoms with Crippen molar-refractivity contribution in [3.05, 3.63) is 0 Å². The lowest BCUT2D eigenvalue weighted by molar-refractivity contribution is -0.135. The first-order valence-corrected chi connectivity index (χ1v) is 5.53. The summed E-state index contributed by atoms with van der Waals surface area (Å²) in [7, 11) is 0. The van der Waals surface area contributed by atoms with Crippen LogP contribution in [0.5, 0.6) is 0 Å². The van der Waals surface area contributed by atoms with Crippen LogP contribution in [0, 0.1) is 0 Å². The van der Waals surface area contributed by atoms with Crippen LogP contribution in [0.2, 0.25) is 0 Å². The molecule has 0 unspecified atom stereocenters. The fourth-order valence-electron chi connectivity index (χ4n) is 0.118. The molecule has 0 aromatic carbocycles. The average molecular weight is 332 g/mol. The van der Waals surface area contributed by atoms with Crippen molar-refractivity contribution >= 4 is 23.9 Å². The second-order valence-electron chi connectivity index (χ2n) is 3.01. The smallest absolute Gasteiger partial charge is 0.300 e. The number of hydrogen-bond acceptors (Lipinski definition) is 6. The van der Waals surface area contributed by atoms with Gasteiger partial charge in [0.1, 0.15) is 0 Å². The fraction of sp³-hybridized carbons (Fsp3) is 0.636. The predicted octanol–water partition coefficient (Wildman–Crippen LogP) is -1.17. The van der Waals surface area contributed by atoms with E-state index in [2.05, 4.69) is 0 Å². The molecule has 0 rings (SSSR count). The van der Waals surface area contributed by atoms with Crippen molar-refractivity contribution < 1.29 is 45.1 Å². The third-order valence-electron chi connectivity index (χ3n) is 0.408. The minimum absolute atomic E-state index is 0. The van der Waals surface area contributed by atoms with Crippen molar-refractivity contribution in [3.63, 3.8) is 0 Å². The van der Waals surface area contributed by atoms with E-state index in [4.69, 9.17) is 51.1 Å². The molecule has 0 aromatic rings. The number of carboxylic acids is 4. The molecule has 0 saturated carbocycles. The van der Waals surface area contributed by atoms with Gasteiger partial charge in [-0.2, -0.15) is 0 Å². The lowest BCUT2D eigenvalue weighted by Gasteiger charge is -1.81. The van der Waals surface area contributed by atoms with Gasteiger partial charge < -0.3 is 37.4 Å². The Kier molecular flexibility index (Phi) is 60.7. The maximum Gasteiger partial charge on any atom is 0.300 e. The van der Waals surface area contributed by atoms with Crippen LogP contribution in [0.15, 0.2) is 0 Å². The van der Waals surface area contributed by atoms with Gasteiger partial charge in [0, 0.05) is 27.7 Å². The SMILES string of the molecule is CC(=O)O.CC(=O)O.CC(=O)O.CC(=O)O.NCCCN.O. The summed E-state index contributed by atoms with van der Waals surface area (Å²) >= 11 is 0. The van der Waals surface area contributed by atoms with Crippen LogP contribution in [0.3, 0.4) is 0 Å². The molecular formula is C11H28N2O9. The van der Waals surface area contributed by atoms with Crippen molar-refractivity contribution in [3.8, 4) is 0 Å². The molecule has 0 radical (unpaired) electrons. The van der Waals surface area contributed by atoms with Gasteiger partial charge in [-0.1, -0.05) is 0 Å². The summed E-state index contributed by atoms with van der Waals surface area (Å²) in [6, 6.07) is 0. The Morgan fingerprint density at radius 3 is 0.727 bits per heavy atom. The molecule has 0 bridgehead atoms. The molecule has 10 N–H and O–H groups in total. The highest BCUT2D eigenvalue weighted by molar-refractivity contribution is 5.63. The van der Waals surface area contributed by atoms with Gasteiger partial charge in [0.15, 0.2) is 0 Å². The minimum atomic E-state index is -0.833. The first kappa shape index (κ1) is 36.7. The van der Waals surface area contributed by atoms with Crippen LogP contribution < -0.4 is 11.5 Å². The quantitative estimate of drug-likeness (QED) is 0.354. The van der Waals surface area contributed by atoms with Crippen LogP contribution in [-0.2, 0) is 19.2 Å². The Morgan fingerprint density at radius 1 is 0.636 bits per heavy atom. The summed E-state index contributed by atoms with van der Waals surface area (Å²) in [5.41, 5.74) is 10.1. The molecule has 0 atom stereocenters.